The van der Waals surface area contributed by atoms with Crippen molar-refractivity contribution in [3.05, 3.63) is 83.1 Å². The number of carbonyl (C=O) groups excluding carboxylic acids is 1. The third kappa shape index (κ3) is 4.77. The number of amides is 1. The van der Waals surface area contributed by atoms with E-state index in [-0.39, 0.29) is 11.7 Å². The number of benzene rings is 2. The monoisotopic (exact) mass is 479 g/mol. The minimum atomic E-state index is -0.0959. The molecule has 8 heteroatoms. The van der Waals surface area contributed by atoms with Gasteiger partial charge >= 0.3 is 0 Å². The molecule has 4 rings (SSSR count). The van der Waals surface area contributed by atoms with Crippen molar-refractivity contribution in [2.75, 3.05) is 11.1 Å². The van der Waals surface area contributed by atoms with Gasteiger partial charge in [-0.25, -0.2) is 0 Å². The van der Waals surface area contributed by atoms with Gasteiger partial charge in [0.25, 0.3) is 0 Å². The molecule has 0 radical (unpaired) electrons. The van der Waals surface area contributed by atoms with Gasteiger partial charge in [-0.05, 0) is 61.0 Å². The fourth-order valence-electron chi connectivity index (χ4n) is 2.92. The van der Waals surface area contributed by atoms with E-state index in [9.17, 15) is 4.79 Å². The summed E-state index contributed by atoms with van der Waals surface area (Å²) in [5, 5.41) is 12.3. The molecule has 0 aliphatic rings. The number of thioether (sulfide) groups is 1. The second-order valence-electron chi connectivity index (χ2n) is 6.56. The van der Waals surface area contributed by atoms with Crippen LogP contribution in [0.4, 0.5) is 5.69 Å². The fraction of sp³-hybridized carbons (Fsp3) is 0.0909. The quantitative estimate of drug-likeness (QED) is 0.388. The number of hydrogen-bond donors (Lipinski definition) is 1. The Bertz CT molecular complexity index is 1160. The molecule has 0 aliphatic heterocycles. The van der Waals surface area contributed by atoms with Gasteiger partial charge in [0, 0.05) is 33.8 Å². The summed E-state index contributed by atoms with van der Waals surface area (Å²) in [5.74, 6) is 0.821. The van der Waals surface area contributed by atoms with E-state index >= 15 is 0 Å². The maximum atomic E-state index is 12.5. The van der Waals surface area contributed by atoms with Crippen LogP contribution in [0.1, 0.15) is 5.56 Å². The highest BCUT2D eigenvalue weighted by molar-refractivity contribution is 9.10. The van der Waals surface area contributed by atoms with Crippen LogP contribution in [0.15, 0.2) is 82.7 Å². The Balaban J connectivity index is 1.59. The number of pyridine rings is 1. The molecule has 0 saturated carbocycles. The van der Waals surface area contributed by atoms with Crippen LogP contribution >= 0.6 is 27.7 Å². The van der Waals surface area contributed by atoms with Gasteiger partial charge in [0.05, 0.1) is 5.75 Å². The molecule has 0 fully saturated rings. The molecule has 1 amide bonds. The summed E-state index contributed by atoms with van der Waals surface area (Å²) in [6.07, 6.45) is 3.44. The lowest BCUT2D eigenvalue weighted by Gasteiger charge is -2.11. The van der Waals surface area contributed by atoms with Crippen molar-refractivity contribution in [3.8, 4) is 17.1 Å². The molecule has 2 aromatic carbocycles. The minimum absolute atomic E-state index is 0.0959. The number of aromatic nitrogens is 4. The highest BCUT2D eigenvalue weighted by Gasteiger charge is 2.17. The summed E-state index contributed by atoms with van der Waals surface area (Å²) in [6.45, 7) is 1.99. The predicted octanol–water partition coefficient (Wildman–Crippen LogP) is 5.13. The van der Waals surface area contributed by atoms with Crippen LogP contribution in [-0.2, 0) is 4.79 Å². The third-order valence-electron chi connectivity index (χ3n) is 4.29. The summed E-state index contributed by atoms with van der Waals surface area (Å²) in [4.78, 5) is 16.5. The molecule has 30 heavy (non-hydrogen) atoms. The Kier molecular flexibility index (Phi) is 6.25. The number of carbonyl (C=O) groups is 1. The first-order valence-electron chi connectivity index (χ1n) is 9.21. The lowest BCUT2D eigenvalue weighted by Crippen LogP contribution is -2.14. The first-order valence-corrected chi connectivity index (χ1v) is 11.0. The SMILES string of the molecule is Cc1cccc(NC(=O)CSc2nnc(-c3ccncc3)n2-c2ccc(Br)cc2)c1. The second kappa shape index (κ2) is 9.23. The molecule has 0 saturated heterocycles. The van der Waals surface area contributed by atoms with Crippen molar-refractivity contribution in [2.45, 2.75) is 12.1 Å². The molecule has 2 aromatic heterocycles. The van der Waals surface area contributed by atoms with Crippen molar-refractivity contribution in [1.29, 1.82) is 0 Å². The van der Waals surface area contributed by atoms with E-state index in [2.05, 4.69) is 36.4 Å². The van der Waals surface area contributed by atoms with Crippen LogP contribution < -0.4 is 5.32 Å². The van der Waals surface area contributed by atoms with Gasteiger partial charge in [0.15, 0.2) is 11.0 Å². The first-order chi connectivity index (χ1) is 14.6. The zero-order valence-corrected chi connectivity index (χ0v) is 18.5. The third-order valence-corrected chi connectivity index (χ3v) is 5.75. The number of halogens is 1. The Labute approximate surface area is 186 Å². The molecule has 0 bridgehead atoms. The van der Waals surface area contributed by atoms with E-state index in [1.165, 1.54) is 11.8 Å². The normalized spacial score (nSPS) is 10.7. The second-order valence-corrected chi connectivity index (χ2v) is 8.42. The number of hydrogen-bond acceptors (Lipinski definition) is 5. The average Bonchev–Trinajstić information content (AvgIpc) is 3.17. The van der Waals surface area contributed by atoms with Crippen LogP contribution in [-0.4, -0.2) is 31.4 Å². The van der Waals surface area contributed by atoms with Gasteiger partial charge in [0.2, 0.25) is 5.91 Å². The van der Waals surface area contributed by atoms with Gasteiger partial charge in [-0.1, -0.05) is 39.8 Å². The van der Waals surface area contributed by atoms with Crippen LogP contribution in [0.2, 0.25) is 0 Å². The van der Waals surface area contributed by atoms with E-state index < -0.39 is 0 Å². The van der Waals surface area contributed by atoms with E-state index in [0.29, 0.717) is 11.0 Å². The predicted molar refractivity (Wildman–Crippen MR) is 123 cm³/mol. The average molecular weight is 480 g/mol. The molecule has 0 aliphatic carbocycles. The molecule has 150 valence electrons. The molecular formula is C22H18BrN5OS. The van der Waals surface area contributed by atoms with Crippen molar-refractivity contribution < 1.29 is 4.79 Å². The minimum Gasteiger partial charge on any atom is -0.325 e. The van der Waals surface area contributed by atoms with E-state index in [1.807, 2.05) is 72.2 Å². The fourth-order valence-corrected chi connectivity index (χ4v) is 3.94. The molecule has 4 aromatic rings. The van der Waals surface area contributed by atoms with Crippen LogP contribution in [0.5, 0.6) is 0 Å². The maximum Gasteiger partial charge on any atom is 0.234 e. The molecule has 1 N–H and O–H groups in total. The highest BCUT2D eigenvalue weighted by Crippen LogP contribution is 2.28. The van der Waals surface area contributed by atoms with Crippen molar-refractivity contribution in [2.24, 2.45) is 0 Å². The number of rotatable bonds is 6. The van der Waals surface area contributed by atoms with Gasteiger partial charge in [-0.2, -0.15) is 0 Å². The number of nitrogens with zero attached hydrogens (tertiary/aromatic N) is 4. The van der Waals surface area contributed by atoms with Crippen molar-refractivity contribution in [3.63, 3.8) is 0 Å². The molecule has 0 spiro atoms. The molecule has 6 nitrogen and oxygen atoms in total. The van der Waals surface area contributed by atoms with Gasteiger partial charge < -0.3 is 5.32 Å². The van der Waals surface area contributed by atoms with Crippen molar-refractivity contribution >= 4 is 39.3 Å². The summed E-state index contributed by atoms with van der Waals surface area (Å²) in [7, 11) is 0. The Morgan fingerprint density at radius 1 is 1.07 bits per heavy atom. The Morgan fingerprint density at radius 3 is 2.57 bits per heavy atom. The summed E-state index contributed by atoms with van der Waals surface area (Å²) < 4.78 is 2.93. The summed E-state index contributed by atoms with van der Waals surface area (Å²) in [6, 6.07) is 19.4. The van der Waals surface area contributed by atoms with Crippen LogP contribution in [0, 0.1) is 6.92 Å². The Hall–Kier alpha value is -2.97. The van der Waals surface area contributed by atoms with E-state index in [4.69, 9.17) is 0 Å². The highest BCUT2D eigenvalue weighted by atomic mass is 79.9. The molecule has 0 unspecified atom stereocenters. The van der Waals surface area contributed by atoms with Gasteiger partial charge in [0.1, 0.15) is 0 Å². The van der Waals surface area contributed by atoms with Gasteiger partial charge in [-0.3, -0.25) is 14.3 Å². The maximum absolute atomic E-state index is 12.5. The zero-order valence-electron chi connectivity index (χ0n) is 16.1. The standard InChI is InChI=1S/C22H18BrN5OS/c1-15-3-2-4-18(13-15)25-20(29)14-30-22-27-26-21(16-9-11-24-12-10-16)28(22)19-7-5-17(23)6-8-19/h2-13H,14H2,1H3,(H,25,29). The molecular weight excluding hydrogens is 462 g/mol. The zero-order chi connectivity index (χ0) is 20.9. The van der Waals surface area contributed by atoms with E-state index in [0.717, 1.165) is 27.0 Å². The molecule has 2 heterocycles. The van der Waals surface area contributed by atoms with Crippen molar-refractivity contribution in [1.82, 2.24) is 19.7 Å². The topological polar surface area (TPSA) is 72.7 Å². The van der Waals surface area contributed by atoms with Crippen LogP contribution in [0.25, 0.3) is 17.1 Å². The number of aryl methyl sites for hydroxylation is 1. The van der Waals surface area contributed by atoms with E-state index in [1.54, 1.807) is 12.4 Å². The number of nitrogens with one attached hydrogen (secondary N) is 1. The Morgan fingerprint density at radius 2 is 1.83 bits per heavy atom. The largest absolute Gasteiger partial charge is 0.325 e. The molecule has 0 atom stereocenters. The summed E-state index contributed by atoms with van der Waals surface area (Å²) in [5.41, 5.74) is 3.69. The number of anilines is 1. The lowest BCUT2D eigenvalue weighted by molar-refractivity contribution is -0.113. The first kappa shape index (κ1) is 20.3. The summed E-state index contributed by atoms with van der Waals surface area (Å²) >= 11 is 4.81. The van der Waals surface area contributed by atoms with Gasteiger partial charge in [-0.15, -0.1) is 10.2 Å². The lowest BCUT2D eigenvalue weighted by atomic mass is 10.2. The van der Waals surface area contributed by atoms with Crippen LogP contribution in [0.3, 0.4) is 0 Å². The smallest absolute Gasteiger partial charge is 0.234 e.